The van der Waals surface area contributed by atoms with E-state index in [1.807, 2.05) is 19.0 Å². The third-order valence-electron chi connectivity index (χ3n) is 1.35. The summed E-state index contributed by atoms with van der Waals surface area (Å²) in [6.07, 6.45) is 3.26. The smallest absolute Gasteiger partial charge is 0.224 e. The Morgan fingerprint density at radius 3 is 2.46 bits per heavy atom. The molecule has 1 rings (SSSR count). The van der Waals surface area contributed by atoms with Gasteiger partial charge in [-0.2, -0.15) is 0 Å². The van der Waals surface area contributed by atoms with Gasteiger partial charge >= 0.3 is 0 Å². The highest BCUT2D eigenvalue weighted by atomic mass is 16.2. The van der Waals surface area contributed by atoms with Gasteiger partial charge < -0.3 is 10.0 Å². The molecule has 0 fully saturated rings. The number of anilines is 1. The molecule has 0 aliphatic rings. The summed E-state index contributed by atoms with van der Waals surface area (Å²) >= 11 is 0. The minimum Gasteiger partial charge on any atom is -0.384 e. The van der Waals surface area contributed by atoms with Crippen LogP contribution in [0.2, 0.25) is 0 Å². The normalized spacial score (nSPS) is 8.85. The molecule has 0 atom stereocenters. The zero-order valence-electron chi connectivity index (χ0n) is 7.65. The fraction of sp³-hybridized carbons (Fsp3) is 0.333. The maximum atomic E-state index is 8.45. The maximum Gasteiger partial charge on any atom is 0.224 e. The van der Waals surface area contributed by atoms with Gasteiger partial charge in [0, 0.05) is 26.5 Å². The van der Waals surface area contributed by atoms with Crippen LogP contribution < -0.4 is 4.90 Å². The minimum atomic E-state index is -0.143. The van der Waals surface area contributed by atoms with Crippen molar-refractivity contribution in [2.75, 3.05) is 25.6 Å². The van der Waals surface area contributed by atoms with E-state index in [0.717, 1.165) is 0 Å². The maximum absolute atomic E-state index is 8.45. The van der Waals surface area contributed by atoms with Crippen molar-refractivity contribution < 1.29 is 5.11 Å². The molecule has 1 N–H and O–H groups in total. The van der Waals surface area contributed by atoms with Crippen molar-refractivity contribution in [1.29, 1.82) is 0 Å². The lowest BCUT2D eigenvalue weighted by molar-refractivity contribution is 0.350. The molecular formula is C9H11N3O. The fourth-order valence-electron chi connectivity index (χ4n) is 0.758. The topological polar surface area (TPSA) is 49.2 Å². The monoisotopic (exact) mass is 177 g/mol. The summed E-state index contributed by atoms with van der Waals surface area (Å²) in [6.45, 7) is -0.143. The van der Waals surface area contributed by atoms with Crippen molar-refractivity contribution in [3.05, 3.63) is 18.0 Å². The third-order valence-corrected chi connectivity index (χ3v) is 1.35. The molecule has 0 aliphatic carbocycles. The van der Waals surface area contributed by atoms with E-state index in [4.69, 9.17) is 5.11 Å². The lowest BCUT2D eigenvalue weighted by Crippen LogP contribution is -2.12. The van der Waals surface area contributed by atoms with Crippen molar-refractivity contribution in [3.8, 4) is 11.8 Å². The van der Waals surface area contributed by atoms with E-state index >= 15 is 0 Å². The molecule has 68 valence electrons. The Morgan fingerprint density at radius 1 is 1.38 bits per heavy atom. The van der Waals surface area contributed by atoms with Crippen molar-refractivity contribution in [2.24, 2.45) is 0 Å². The molecule has 1 aromatic heterocycles. The Bertz CT molecular complexity index is 321. The predicted molar refractivity (Wildman–Crippen MR) is 50.3 cm³/mol. The highest BCUT2D eigenvalue weighted by Gasteiger charge is 1.96. The lowest BCUT2D eigenvalue weighted by Gasteiger charge is -2.07. The van der Waals surface area contributed by atoms with Crippen LogP contribution in [0.3, 0.4) is 0 Å². The van der Waals surface area contributed by atoms with E-state index in [-0.39, 0.29) is 6.61 Å². The Labute approximate surface area is 77.2 Å². The molecule has 0 spiro atoms. The second kappa shape index (κ2) is 4.43. The number of aliphatic hydroxyl groups excluding tert-OH is 1. The van der Waals surface area contributed by atoms with Crippen LogP contribution >= 0.6 is 0 Å². The summed E-state index contributed by atoms with van der Waals surface area (Å²) in [6, 6.07) is 0. The van der Waals surface area contributed by atoms with Gasteiger partial charge in [-0.1, -0.05) is 11.8 Å². The summed E-state index contributed by atoms with van der Waals surface area (Å²) in [7, 11) is 3.74. The highest BCUT2D eigenvalue weighted by molar-refractivity contribution is 5.34. The Morgan fingerprint density at radius 2 is 2.00 bits per heavy atom. The van der Waals surface area contributed by atoms with Gasteiger partial charge in [-0.3, -0.25) is 0 Å². The van der Waals surface area contributed by atoms with Gasteiger partial charge in [0.15, 0.2) is 0 Å². The first kappa shape index (κ1) is 9.49. The van der Waals surface area contributed by atoms with E-state index in [0.29, 0.717) is 11.5 Å². The van der Waals surface area contributed by atoms with Gasteiger partial charge in [-0.25, -0.2) is 9.97 Å². The first-order valence-electron chi connectivity index (χ1n) is 3.83. The highest BCUT2D eigenvalue weighted by Crippen LogP contribution is 2.01. The molecule has 1 heterocycles. The summed E-state index contributed by atoms with van der Waals surface area (Å²) in [4.78, 5) is 9.93. The third kappa shape index (κ3) is 2.73. The van der Waals surface area contributed by atoms with E-state index < -0.39 is 0 Å². The molecule has 0 amide bonds. The summed E-state index contributed by atoms with van der Waals surface area (Å²) < 4.78 is 0. The quantitative estimate of drug-likeness (QED) is 0.608. The molecular weight excluding hydrogens is 166 g/mol. The number of nitrogens with zero attached hydrogens (tertiary/aromatic N) is 3. The lowest BCUT2D eigenvalue weighted by atomic mass is 10.3. The van der Waals surface area contributed by atoms with Gasteiger partial charge in [0.05, 0.1) is 5.56 Å². The molecule has 0 unspecified atom stereocenters. The van der Waals surface area contributed by atoms with Crippen LogP contribution in [-0.2, 0) is 0 Å². The van der Waals surface area contributed by atoms with Crippen LogP contribution in [0.5, 0.6) is 0 Å². The number of hydrogen-bond acceptors (Lipinski definition) is 4. The van der Waals surface area contributed by atoms with Crippen molar-refractivity contribution in [2.45, 2.75) is 0 Å². The molecule has 0 radical (unpaired) electrons. The van der Waals surface area contributed by atoms with Crippen LogP contribution in [0.4, 0.5) is 5.95 Å². The van der Waals surface area contributed by atoms with E-state index in [2.05, 4.69) is 21.8 Å². The minimum absolute atomic E-state index is 0.143. The number of rotatable bonds is 1. The van der Waals surface area contributed by atoms with Gasteiger partial charge in [0.1, 0.15) is 6.61 Å². The summed E-state index contributed by atoms with van der Waals surface area (Å²) in [5.74, 6) is 5.89. The average Bonchev–Trinajstić information content (AvgIpc) is 2.15. The molecule has 0 aromatic carbocycles. The van der Waals surface area contributed by atoms with Crippen molar-refractivity contribution >= 4 is 5.95 Å². The Kier molecular flexibility index (Phi) is 3.23. The number of aromatic nitrogens is 2. The van der Waals surface area contributed by atoms with Crippen molar-refractivity contribution in [3.63, 3.8) is 0 Å². The molecule has 0 saturated carbocycles. The van der Waals surface area contributed by atoms with Crippen LogP contribution in [0.25, 0.3) is 0 Å². The molecule has 13 heavy (non-hydrogen) atoms. The van der Waals surface area contributed by atoms with Crippen LogP contribution in [-0.4, -0.2) is 35.8 Å². The number of hydrogen-bond donors (Lipinski definition) is 1. The average molecular weight is 177 g/mol. The first-order valence-corrected chi connectivity index (χ1v) is 3.83. The standard InChI is InChI=1S/C9H11N3O/c1-12(2)9-10-6-8(7-11-9)4-3-5-13/h6-7,13H,5H2,1-2H3. The van der Waals surface area contributed by atoms with Crippen LogP contribution in [0.15, 0.2) is 12.4 Å². The predicted octanol–water partition coefficient (Wildman–Crippen LogP) is -0.114. The van der Waals surface area contributed by atoms with Gasteiger partial charge in [0.25, 0.3) is 0 Å². The second-order valence-corrected chi connectivity index (χ2v) is 2.63. The molecule has 0 saturated heterocycles. The summed E-state index contributed by atoms with van der Waals surface area (Å²) in [5.41, 5.74) is 0.708. The molecule has 0 aliphatic heterocycles. The summed E-state index contributed by atoms with van der Waals surface area (Å²) in [5, 5.41) is 8.45. The first-order chi connectivity index (χ1) is 6.24. The fourth-order valence-corrected chi connectivity index (χ4v) is 0.758. The van der Waals surface area contributed by atoms with E-state index in [9.17, 15) is 0 Å². The van der Waals surface area contributed by atoms with Crippen molar-refractivity contribution in [1.82, 2.24) is 9.97 Å². The molecule has 4 nitrogen and oxygen atoms in total. The SMILES string of the molecule is CN(C)c1ncc(C#CCO)cn1. The zero-order valence-corrected chi connectivity index (χ0v) is 7.65. The molecule has 4 heteroatoms. The van der Waals surface area contributed by atoms with Crippen LogP contribution in [0.1, 0.15) is 5.56 Å². The van der Waals surface area contributed by atoms with Gasteiger partial charge in [0.2, 0.25) is 5.95 Å². The number of aliphatic hydroxyl groups is 1. The van der Waals surface area contributed by atoms with E-state index in [1.54, 1.807) is 12.4 Å². The largest absolute Gasteiger partial charge is 0.384 e. The van der Waals surface area contributed by atoms with E-state index in [1.165, 1.54) is 0 Å². The second-order valence-electron chi connectivity index (χ2n) is 2.63. The zero-order chi connectivity index (χ0) is 9.68. The molecule has 1 aromatic rings. The molecule has 0 bridgehead atoms. The van der Waals surface area contributed by atoms with Gasteiger partial charge in [-0.15, -0.1) is 0 Å². The van der Waals surface area contributed by atoms with Crippen LogP contribution in [0, 0.1) is 11.8 Å². The Balaban J connectivity index is 2.81. The van der Waals surface area contributed by atoms with Gasteiger partial charge in [-0.05, 0) is 0 Å². The Hall–Kier alpha value is -1.60.